The summed E-state index contributed by atoms with van der Waals surface area (Å²) in [6, 6.07) is 14.5. The quantitative estimate of drug-likeness (QED) is 0.347. The van der Waals surface area contributed by atoms with Crippen molar-refractivity contribution in [1.29, 1.82) is 0 Å². The Morgan fingerprint density at radius 3 is 2.29 bits per heavy atom. The van der Waals surface area contributed by atoms with Crippen molar-refractivity contribution in [2.24, 2.45) is 0 Å². The van der Waals surface area contributed by atoms with Gasteiger partial charge in [-0.3, -0.25) is 4.79 Å². The molecule has 0 amide bonds. The summed E-state index contributed by atoms with van der Waals surface area (Å²) in [5.74, 6) is 3.02. The van der Waals surface area contributed by atoms with Crippen molar-refractivity contribution in [3.8, 4) is 40.0 Å². The van der Waals surface area contributed by atoms with Gasteiger partial charge >= 0.3 is 0 Å². The van der Waals surface area contributed by atoms with E-state index in [9.17, 15) is 4.79 Å². The number of rotatable bonds is 6. The van der Waals surface area contributed by atoms with Crippen molar-refractivity contribution in [3.63, 3.8) is 0 Å². The number of ether oxygens (including phenoxy) is 3. The molecule has 0 spiro atoms. The maximum atomic E-state index is 13.0. The summed E-state index contributed by atoms with van der Waals surface area (Å²) < 4.78 is 23.8. The summed E-state index contributed by atoms with van der Waals surface area (Å²) >= 11 is 7.17. The van der Waals surface area contributed by atoms with E-state index in [1.54, 1.807) is 36.4 Å². The zero-order valence-corrected chi connectivity index (χ0v) is 19.9. The fourth-order valence-corrected chi connectivity index (χ4v) is 4.51. The third kappa shape index (κ3) is 3.89. The van der Waals surface area contributed by atoms with E-state index < -0.39 is 0 Å². The van der Waals surface area contributed by atoms with Crippen LogP contribution in [0.3, 0.4) is 0 Å². The molecule has 0 saturated carbocycles. The zero-order valence-electron chi connectivity index (χ0n) is 18.4. The van der Waals surface area contributed by atoms with Gasteiger partial charge in [-0.2, -0.15) is 9.50 Å². The second kappa shape index (κ2) is 8.85. The van der Waals surface area contributed by atoms with Gasteiger partial charge in [0.05, 0.1) is 21.3 Å². The van der Waals surface area contributed by atoms with Crippen molar-refractivity contribution in [2.45, 2.75) is 0 Å². The average Bonchev–Trinajstić information content (AvgIpc) is 3.56. The topological polar surface area (TPSA) is 88.1 Å². The first-order valence-corrected chi connectivity index (χ1v) is 11.3. The third-order valence-electron chi connectivity index (χ3n) is 5.13. The predicted octanol–water partition coefficient (Wildman–Crippen LogP) is 4.30. The summed E-state index contributed by atoms with van der Waals surface area (Å²) in [6.45, 7) is 0. The van der Waals surface area contributed by atoms with Gasteiger partial charge < -0.3 is 18.6 Å². The van der Waals surface area contributed by atoms with Crippen LogP contribution < -0.4 is 24.3 Å². The highest BCUT2D eigenvalue weighted by molar-refractivity contribution is 7.15. The number of halogens is 1. The molecular formula is C24H18ClN3O5S. The number of fused-ring (bicyclic) bond motifs is 1. The van der Waals surface area contributed by atoms with Crippen LogP contribution in [0.2, 0.25) is 5.02 Å². The Hall–Kier alpha value is -3.82. The van der Waals surface area contributed by atoms with Crippen LogP contribution in [-0.4, -0.2) is 35.9 Å². The van der Waals surface area contributed by atoms with E-state index in [2.05, 4.69) is 10.1 Å². The monoisotopic (exact) mass is 495 g/mol. The molecule has 0 N–H and O–H groups in total. The molecule has 10 heteroatoms. The minimum atomic E-state index is -0.282. The van der Waals surface area contributed by atoms with E-state index in [0.717, 1.165) is 5.56 Å². The van der Waals surface area contributed by atoms with E-state index in [-0.39, 0.29) is 5.56 Å². The van der Waals surface area contributed by atoms with Crippen molar-refractivity contribution in [1.82, 2.24) is 14.6 Å². The molecule has 3 heterocycles. The Morgan fingerprint density at radius 1 is 0.971 bits per heavy atom. The van der Waals surface area contributed by atoms with Crippen molar-refractivity contribution >= 4 is 34.0 Å². The molecule has 8 nitrogen and oxygen atoms in total. The Labute approximate surface area is 202 Å². The van der Waals surface area contributed by atoms with Gasteiger partial charge in [-0.15, -0.1) is 5.10 Å². The van der Waals surface area contributed by atoms with Crippen molar-refractivity contribution < 1.29 is 18.6 Å². The first-order valence-electron chi connectivity index (χ1n) is 10.1. The largest absolute Gasteiger partial charge is 0.493 e. The lowest BCUT2D eigenvalue weighted by Crippen LogP contribution is -2.23. The first-order chi connectivity index (χ1) is 16.5. The van der Waals surface area contributed by atoms with Gasteiger partial charge in [0.1, 0.15) is 16.1 Å². The lowest BCUT2D eigenvalue weighted by molar-refractivity contribution is 0.324. The van der Waals surface area contributed by atoms with Crippen LogP contribution in [0, 0.1) is 0 Å². The molecule has 0 aliphatic carbocycles. The molecule has 0 unspecified atom stereocenters. The molecular weight excluding hydrogens is 478 g/mol. The number of benzene rings is 2. The Bertz CT molecular complexity index is 1580. The molecule has 172 valence electrons. The summed E-state index contributed by atoms with van der Waals surface area (Å²) in [4.78, 5) is 17.9. The molecule has 0 aliphatic heterocycles. The number of hydrogen-bond donors (Lipinski definition) is 0. The molecule has 0 saturated heterocycles. The molecule has 0 atom stereocenters. The maximum absolute atomic E-state index is 13.0. The molecule has 0 bridgehead atoms. The highest BCUT2D eigenvalue weighted by Gasteiger charge is 2.18. The van der Waals surface area contributed by atoms with Crippen LogP contribution in [0.1, 0.15) is 5.76 Å². The van der Waals surface area contributed by atoms with Crippen LogP contribution in [-0.2, 0) is 0 Å². The zero-order chi connectivity index (χ0) is 23.8. The molecule has 0 aliphatic rings. The third-order valence-corrected chi connectivity index (χ3v) is 6.34. The number of methoxy groups -OCH3 is 3. The summed E-state index contributed by atoms with van der Waals surface area (Å²) in [5.41, 5.74) is 1.24. The number of thiazole rings is 1. The number of hydrogen-bond acceptors (Lipinski definition) is 8. The standard InChI is InChI=1S/C24H18ClN3O5S/c1-30-18-10-14(11-19(31-2)21(18)32-3)22-26-24-28(27-22)23(29)20(34-24)12-16-8-9-17(33-16)13-4-6-15(25)7-5-13/h4-12H,1-3H3/b20-12-. The summed E-state index contributed by atoms with van der Waals surface area (Å²) in [5, 5.41) is 5.05. The average molecular weight is 496 g/mol. The van der Waals surface area contributed by atoms with E-state index in [1.165, 1.54) is 37.2 Å². The van der Waals surface area contributed by atoms with Crippen LogP contribution >= 0.6 is 22.9 Å². The molecule has 5 rings (SSSR count). The van der Waals surface area contributed by atoms with Crippen molar-refractivity contribution in [2.75, 3.05) is 21.3 Å². The normalized spacial score (nSPS) is 11.8. The van der Waals surface area contributed by atoms with E-state index >= 15 is 0 Å². The van der Waals surface area contributed by atoms with E-state index in [1.807, 2.05) is 18.2 Å². The maximum Gasteiger partial charge on any atom is 0.291 e. The molecule has 3 aromatic heterocycles. The van der Waals surface area contributed by atoms with Gasteiger partial charge in [0.2, 0.25) is 10.7 Å². The van der Waals surface area contributed by atoms with Gasteiger partial charge in [-0.25, -0.2) is 0 Å². The lowest BCUT2D eigenvalue weighted by atomic mass is 10.1. The van der Waals surface area contributed by atoms with Crippen LogP contribution in [0.15, 0.2) is 57.7 Å². The highest BCUT2D eigenvalue weighted by atomic mass is 35.5. The van der Waals surface area contributed by atoms with Gasteiger partial charge in [-0.05, 0) is 48.5 Å². The van der Waals surface area contributed by atoms with E-state index in [4.69, 9.17) is 30.2 Å². The van der Waals surface area contributed by atoms with Gasteiger partial charge in [-0.1, -0.05) is 22.9 Å². The summed E-state index contributed by atoms with van der Waals surface area (Å²) in [7, 11) is 4.60. The Balaban J connectivity index is 1.51. The first kappa shape index (κ1) is 22.0. The van der Waals surface area contributed by atoms with Gasteiger partial charge in [0, 0.05) is 22.2 Å². The molecule has 0 radical (unpaired) electrons. The highest BCUT2D eigenvalue weighted by Crippen LogP contribution is 2.40. The van der Waals surface area contributed by atoms with Crippen LogP contribution in [0.25, 0.3) is 33.7 Å². The molecule has 34 heavy (non-hydrogen) atoms. The van der Waals surface area contributed by atoms with Crippen molar-refractivity contribution in [3.05, 3.63) is 74.2 Å². The Kier molecular flexibility index (Phi) is 5.72. The SMILES string of the molecule is COc1cc(-c2nc3s/c(=C\c4ccc(-c5ccc(Cl)cc5)o4)c(=O)n3n2)cc(OC)c1OC. The van der Waals surface area contributed by atoms with Gasteiger partial charge in [0.25, 0.3) is 5.56 Å². The van der Waals surface area contributed by atoms with Crippen LogP contribution in [0.5, 0.6) is 17.2 Å². The predicted molar refractivity (Wildman–Crippen MR) is 130 cm³/mol. The number of furan rings is 1. The molecule has 0 fully saturated rings. The summed E-state index contributed by atoms with van der Waals surface area (Å²) in [6.07, 6.45) is 1.68. The minimum Gasteiger partial charge on any atom is -0.493 e. The smallest absolute Gasteiger partial charge is 0.291 e. The second-order valence-corrected chi connectivity index (χ2v) is 8.61. The minimum absolute atomic E-state index is 0.282. The molecule has 5 aromatic rings. The van der Waals surface area contributed by atoms with Crippen LogP contribution in [0.4, 0.5) is 0 Å². The second-order valence-electron chi connectivity index (χ2n) is 7.17. The number of nitrogens with zero attached hydrogens (tertiary/aromatic N) is 3. The Morgan fingerprint density at radius 2 is 1.68 bits per heavy atom. The molecule has 2 aromatic carbocycles. The van der Waals surface area contributed by atoms with Gasteiger partial charge in [0.15, 0.2) is 17.3 Å². The number of aromatic nitrogens is 3. The lowest BCUT2D eigenvalue weighted by Gasteiger charge is -2.12. The fraction of sp³-hybridized carbons (Fsp3) is 0.125. The fourth-order valence-electron chi connectivity index (χ4n) is 3.50. The van der Waals surface area contributed by atoms with E-state index in [0.29, 0.717) is 54.7 Å².